The first kappa shape index (κ1) is 15.7. The van der Waals surface area contributed by atoms with Gasteiger partial charge in [0.1, 0.15) is 11.8 Å². The van der Waals surface area contributed by atoms with Crippen LogP contribution < -0.4 is 10.1 Å². The summed E-state index contributed by atoms with van der Waals surface area (Å²) in [5, 5.41) is 13.8. The molecule has 1 unspecified atom stereocenters. The molecule has 7 heteroatoms. The van der Waals surface area contributed by atoms with Gasteiger partial charge in [-0.25, -0.2) is 0 Å². The minimum absolute atomic E-state index is 0.0852. The van der Waals surface area contributed by atoms with Crippen molar-refractivity contribution in [3.63, 3.8) is 0 Å². The Labute approximate surface area is 117 Å². The van der Waals surface area contributed by atoms with E-state index in [0.29, 0.717) is 18.0 Å². The van der Waals surface area contributed by atoms with E-state index >= 15 is 0 Å². The van der Waals surface area contributed by atoms with Crippen LogP contribution in [-0.2, 0) is 4.79 Å². The number of benzene rings is 1. The number of likely N-dealkylation sites (N-methyl/N-ethyl adjacent to an activating group) is 1. The molecule has 0 bridgehead atoms. The SMILES string of the molecule is CCN(C)C(=O)C(C)Nc1cc(OC)cc([N+](=O)[O-])c1. The summed E-state index contributed by atoms with van der Waals surface area (Å²) in [5.74, 6) is 0.281. The molecule has 0 aliphatic carbocycles. The average Bonchev–Trinajstić information content (AvgIpc) is 2.44. The van der Waals surface area contributed by atoms with Crippen molar-refractivity contribution in [2.24, 2.45) is 0 Å². The summed E-state index contributed by atoms with van der Waals surface area (Å²) in [7, 11) is 3.14. The van der Waals surface area contributed by atoms with Crippen molar-refractivity contribution in [3.8, 4) is 5.75 Å². The molecule has 0 aromatic heterocycles. The number of nitrogens with one attached hydrogen (secondary N) is 1. The molecule has 0 spiro atoms. The van der Waals surface area contributed by atoms with Crippen LogP contribution in [0.25, 0.3) is 0 Å². The van der Waals surface area contributed by atoms with Crippen molar-refractivity contribution in [3.05, 3.63) is 28.3 Å². The third kappa shape index (κ3) is 3.84. The Bertz CT molecular complexity index is 504. The topological polar surface area (TPSA) is 84.7 Å². The van der Waals surface area contributed by atoms with Crippen LogP contribution in [0.4, 0.5) is 11.4 Å². The molecule has 0 radical (unpaired) electrons. The highest BCUT2D eigenvalue weighted by atomic mass is 16.6. The molecule has 1 amide bonds. The third-order valence-electron chi connectivity index (χ3n) is 2.94. The van der Waals surface area contributed by atoms with Crippen molar-refractivity contribution in [2.45, 2.75) is 19.9 Å². The Morgan fingerprint density at radius 2 is 2.15 bits per heavy atom. The first-order chi connectivity index (χ1) is 9.38. The highest BCUT2D eigenvalue weighted by Crippen LogP contribution is 2.26. The van der Waals surface area contributed by atoms with E-state index in [1.807, 2.05) is 6.92 Å². The fourth-order valence-electron chi connectivity index (χ4n) is 1.69. The molecule has 7 nitrogen and oxygen atoms in total. The normalized spacial score (nSPS) is 11.6. The molecule has 0 heterocycles. The summed E-state index contributed by atoms with van der Waals surface area (Å²) in [4.78, 5) is 23.9. The molecule has 1 atom stereocenters. The number of carbonyl (C=O) groups excluding carboxylic acids is 1. The number of anilines is 1. The van der Waals surface area contributed by atoms with Crippen LogP contribution in [0.2, 0.25) is 0 Å². The number of ether oxygens (including phenoxy) is 1. The van der Waals surface area contributed by atoms with E-state index in [1.54, 1.807) is 24.9 Å². The minimum atomic E-state index is -0.502. The molecule has 1 aromatic rings. The molecule has 0 saturated heterocycles. The Balaban J connectivity index is 2.94. The molecule has 0 saturated carbocycles. The lowest BCUT2D eigenvalue weighted by Gasteiger charge is -2.21. The second-order valence-electron chi connectivity index (χ2n) is 4.40. The zero-order valence-corrected chi connectivity index (χ0v) is 12.0. The van der Waals surface area contributed by atoms with Crippen LogP contribution >= 0.6 is 0 Å². The van der Waals surface area contributed by atoms with Crippen molar-refractivity contribution in [2.75, 3.05) is 26.0 Å². The van der Waals surface area contributed by atoms with E-state index < -0.39 is 11.0 Å². The van der Waals surface area contributed by atoms with Crippen LogP contribution in [0.3, 0.4) is 0 Å². The number of nitro benzene ring substituents is 1. The maximum absolute atomic E-state index is 11.9. The van der Waals surface area contributed by atoms with Gasteiger partial charge in [-0.2, -0.15) is 0 Å². The van der Waals surface area contributed by atoms with Gasteiger partial charge in [-0.05, 0) is 13.8 Å². The number of hydrogen-bond donors (Lipinski definition) is 1. The maximum Gasteiger partial charge on any atom is 0.275 e. The van der Waals surface area contributed by atoms with E-state index in [2.05, 4.69) is 5.32 Å². The first-order valence-electron chi connectivity index (χ1n) is 6.24. The quantitative estimate of drug-likeness (QED) is 0.635. The van der Waals surface area contributed by atoms with Gasteiger partial charge in [0.15, 0.2) is 0 Å². The molecular weight excluding hydrogens is 262 g/mol. The average molecular weight is 281 g/mol. The molecule has 1 N–H and O–H groups in total. The number of nitrogens with zero attached hydrogens (tertiary/aromatic N) is 2. The highest BCUT2D eigenvalue weighted by Gasteiger charge is 2.18. The highest BCUT2D eigenvalue weighted by molar-refractivity contribution is 5.84. The van der Waals surface area contributed by atoms with Crippen molar-refractivity contribution >= 4 is 17.3 Å². The predicted molar refractivity (Wildman–Crippen MR) is 76.0 cm³/mol. The lowest BCUT2D eigenvalue weighted by atomic mass is 10.2. The number of carbonyl (C=O) groups is 1. The summed E-state index contributed by atoms with van der Waals surface area (Å²) in [6.07, 6.45) is 0. The fourth-order valence-corrected chi connectivity index (χ4v) is 1.69. The van der Waals surface area contributed by atoms with Crippen molar-refractivity contribution in [1.29, 1.82) is 0 Å². The minimum Gasteiger partial charge on any atom is -0.496 e. The number of amides is 1. The second kappa shape index (κ2) is 6.74. The number of methoxy groups -OCH3 is 1. The summed E-state index contributed by atoms with van der Waals surface area (Å²) in [6.45, 7) is 4.18. The van der Waals surface area contributed by atoms with E-state index in [4.69, 9.17) is 4.74 Å². The Kier molecular flexibility index (Phi) is 5.31. The lowest BCUT2D eigenvalue weighted by molar-refractivity contribution is -0.384. The summed E-state index contributed by atoms with van der Waals surface area (Å²) in [6, 6.07) is 3.84. The molecule has 110 valence electrons. The monoisotopic (exact) mass is 281 g/mol. The van der Waals surface area contributed by atoms with E-state index in [-0.39, 0.29) is 11.6 Å². The van der Waals surface area contributed by atoms with Gasteiger partial charge in [0.25, 0.3) is 5.69 Å². The molecule has 0 aliphatic heterocycles. The Morgan fingerprint density at radius 3 is 2.65 bits per heavy atom. The first-order valence-corrected chi connectivity index (χ1v) is 6.24. The second-order valence-corrected chi connectivity index (χ2v) is 4.40. The summed E-state index contributed by atoms with van der Waals surface area (Å²) in [5.41, 5.74) is 0.386. The van der Waals surface area contributed by atoms with Gasteiger partial charge < -0.3 is 15.0 Å². The number of non-ortho nitro benzene ring substituents is 1. The van der Waals surface area contributed by atoms with Crippen LogP contribution in [-0.4, -0.2) is 42.5 Å². The predicted octanol–water partition coefficient (Wildman–Crippen LogP) is 1.88. The molecule has 1 aromatic carbocycles. The largest absolute Gasteiger partial charge is 0.496 e. The summed E-state index contributed by atoms with van der Waals surface area (Å²) < 4.78 is 5.02. The Morgan fingerprint density at radius 1 is 1.50 bits per heavy atom. The zero-order valence-electron chi connectivity index (χ0n) is 12.0. The number of rotatable bonds is 6. The van der Waals surface area contributed by atoms with Gasteiger partial charge in [-0.1, -0.05) is 0 Å². The van der Waals surface area contributed by atoms with Gasteiger partial charge in [-0.15, -0.1) is 0 Å². The standard InChI is InChI=1S/C13H19N3O4/c1-5-15(3)13(17)9(2)14-10-6-11(16(18)19)8-12(7-10)20-4/h6-9,14H,5H2,1-4H3. The van der Waals surface area contributed by atoms with Gasteiger partial charge >= 0.3 is 0 Å². The Hall–Kier alpha value is -2.31. The van der Waals surface area contributed by atoms with Crippen LogP contribution in [0.1, 0.15) is 13.8 Å². The molecule has 1 rings (SSSR count). The third-order valence-corrected chi connectivity index (χ3v) is 2.94. The zero-order chi connectivity index (χ0) is 15.3. The lowest BCUT2D eigenvalue weighted by Crippen LogP contribution is -2.38. The number of hydrogen-bond acceptors (Lipinski definition) is 5. The van der Waals surface area contributed by atoms with Gasteiger partial charge in [-0.3, -0.25) is 14.9 Å². The van der Waals surface area contributed by atoms with E-state index in [9.17, 15) is 14.9 Å². The van der Waals surface area contributed by atoms with E-state index in [0.717, 1.165) is 0 Å². The van der Waals surface area contributed by atoms with Gasteiger partial charge in [0, 0.05) is 31.4 Å². The summed E-state index contributed by atoms with van der Waals surface area (Å²) >= 11 is 0. The van der Waals surface area contributed by atoms with Crippen LogP contribution in [0.5, 0.6) is 5.75 Å². The molecular formula is C13H19N3O4. The smallest absolute Gasteiger partial charge is 0.275 e. The van der Waals surface area contributed by atoms with Gasteiger partial charge in [0.2, 0.25) is 5.91 Å². The molecule has 0 fully saturated rings. The van der Waals surface area contributed by atoms with Gasteiger partial charge in [0.05, 0.1) is 18.1 Å². The maximum atomic E-state index is 11.9. The molecule has 20 heavy (non-hydrogen) atoms. The number of nitro groups is 1. The van der Waals surface area contributed by atoms with Crippen molar-refractivity contribution in [1.82, 2.24) is 4.90 Å². The fraction of sp³-hybridized carbons (Fsp3) is 0.462. The van der Waals surface area contributed by atoms with Crippen LogP contribution in [0, 0.1) is 10.1 Å². The molecule has 0 aliphatic rings. The van der Waals surface area contributed by atoms with Crippen molar-refractivity contribution < 1.29 is 14.5 Å². The van der Waals surface area contributed by atoms with Crippen LogP contribution in [0.15, 0.2) is 18.2 Å². The van der Waals surface area contributed by atoms with E-state index in [1.165, 1.54) is 19.2 Å².